The van der Waals surface area contributed by atoms with Crippen molar-refractivity contribution >= 4 is 23.4 Å². The molecule has 0 aliphatic carbocycles. The largest absolute Gasteiger partial charge is 0.540 e. The first-order valence-electron chi connectivity index (χ1n) is 7.17. The minimum Gasteiger partial charge on any atom is -0.540 e. The first-order valence-corrected chi connectivity index (χ1v) is 7.17. The first-order chi connectivity index (χ1) is 11.1. The van der Waals surface area contributed by atoms with Gasteiger partial charge in [-0.15, -0.1) is 0 Å². The van der Waals surface area contributed by atoms with Crippen LogP contribution >= 0.6 is 0 Å². The van der Waals surface area contributed by atoms with Crippen LogP contribution in [0, 0.1) is 0 Å². The molecule has 1 heterocycles. The van der Waals surface area contributed by atoms with E-state index in [1.165, 1.54) is 6.21 Å². The van der Waals surface area contributed by atoms with Crippen molar-refractivity contribution in [3.63, 3.8) is 0 Å². The second-order valence-corrected chi connectivity index (χ2v) is 5.37. The number of carbonyl (C=O) groups is 1. The molecule has 0 unspecified atom stereocenters. The quantitative estimate of drug-likeness (QED) is 0.804. The van der Waals surface area contributed by atoms with Gasteiger partial charge in [-0.2, -0.15) is 0 Å². The van der Waals surface area contributed by atoms with E-state index in [0.29, 0.717) is 5.56 Å². The van der Waals surface area contributed by atoms with E-state index in [2.05, 4.69) is 0 Å². The third-order valence-corrected chi connectivity index (χ3v) is 3.54. The molecule has 0 fully saturated rings. The summed E-state index contributed by atoms with van der Waals surface area (Å²) < 4.78 is 0.981. The van der Waals surface area contributed by atoms with E-state index in [1.54, 1.807) is 24.3 Å². The molecular weight excluding hydrogens is 292 g/mol. The van der Waals surface area contributed by atoms with Gasteiger partial charge in [-0.05, 0) is 34.6 Å². The normalized spacial score (nSPS) is 15.9. The Balaban J connectivity index is 1.88. The van der Waals surface area contributed by atoms with Gasteiger partial charge in [0.2, 0.25) is 6.21 Å². The summed E-state index contributed by atoms with van der Waals surface area (Å²) in [6.45, 7) is 0. The summed E-state index contributed by atoms with van der Waals surface area (Å²) in [5, 5.41) is 12.0. The standard InChI is InChI=1S/C18H16N2O3/c1-19(2)15-10-8-13(9-11-15)12-20-17(21)16(18(22)23-20)14-6-4-3-5-7-14/h3-12H,1-2H3. The van der Waals surface area contributed by atoms with Crippen LogP contribution in [0.2, 0.25) is 0 Å². The van der Waals surface area contributed by atoms with Gasteiger partial charge in [0.05, 0.1) is 0 Å². The Morgan fingerprint density at radius 2 is 1.70 bits per heavy atom. The van der Waals surface area contributed by atoms with Crippen LogP contribution in [0.1, 0.15) is 11.1 Å². The molecule has 1 aliphatic rings. The van der Waals surface area contributed by atoms with E-state index < -0.39 is 11.9 Å². The maximum atomic E-state index is 12.4. The summed E-state index contributed by atoms with van der Waals surface area (Å²) in [4.78, 5) is 19.4. The fourth-order valence-corrected chi connectivity index (χ4v) is 2.30. The highest BCUT2D eigenvalue weighted by atomic mass is 16.7. The highest BCUT2D eigenvalue weighted by Gasteiger charge is 2.33. The Kier molecular flexibility index (Phi) is 3.85. The van der Waals surface area contributed by atoms with Crippen molar-refractivity contribution in [1.29, 1.82) is 0 Å². The van der Waals surface area contributed by atoms with E-state index in [9.17, 15) is 9.90 Å². The lowest BCUT2D eigenvalue weighted by Gasteiger charge is -2.11. The van der Waals surface area contributed by atoms with Crippen molar-refractivity contribution in [2.24, 2.45) is 0 Å². The first kappa shape index (κ1) is 14.8. The lowest BCUT2D eigenvalue weighted by Crippen LogP contribution is -2.17. The third kappa shape index (κ3) is 2.94. The van der Waals surface area contributed by atoms with E-state index in [-0.39, 0.29) is 5.57 Å². The number of benzene rings is 2. The minimum absolute atomic E-state index is 0.0479. The fourth-order valence-electron chi connectivity index (χ4n) is 2.30. The molecular formula is C18H16N2O3. The molecule has 116 valence electrons. The summed E-state index contributed by atoms with van der Waals surface area (Å²) in [6.07, 6.45) is 1.51. The number of hydroxylamine groups is 1. The molecule has 2 aromatic rings. The lowest BCUT2D eigenvalue weighted by atomic mass is 10.1. The molecule has 2 aromatic carbocycles. The Bertz CT molecular complexity index is 791. The van der Waals surface area contributed by atoms with Crippen LogP contribution in [0.15, 0.2) is 60.5 Å². The number of rotatable bonds is 3. The molecule has 1 amide bonds. The second kappa shape index (κ2) is 5.96. The maximum Gasteiger partial charge on any atom is 0.451 e. The van der Waals surface area contributed by atoms with Gasteiger partial charge in [0, 0.05) is 25.3 Å². The number of hydrogen-bond acceptors (Lipinski definition) is 4. The average Bonchev–Trinajstić information content (AvgIpc) is 2.82. The lowest BCUT2D eigenvalue weighted by molar-refractivity contribution is -0.718. The van der Waals surface area contributed by atoms with Crippen molar-refractivity contribution in [2.45, 2.75) is 0 Å². The average molecular weight is 308 g/mol. The molecule has 0 atom stereocenters. The molecule has 5 nitrogen and oxygen atoms in total. The number of amides is 1. The molecule has 23 heavy (non-hydrogen) atoms. The molecule has 0 saturated heterocycles. The van der Waals surface area contributed by atoms with Crippen LogP contribution in [0.5, 0.6) is 0 Å². The third-order valence-electron chi connectivity index (χ3n) is 3.54. The van der Waals surface area contributed by atoms with E-state index in [0.717, 1.165) is 16.0 Å². The van der Waals surface area contributed by atoms with E-state index in [1.807, 2.05) is 49.3 Å². The van der Waals surface area contributed by atoms with Crippen molar-refractivity contribution < 1.29 is 19.5 Å². The predicted octanol–water partition coefficient (Wildman–Crippen LogP) is 1.38. The van der Waals surface area contributed by atoms with Crippen LogP contribution in [-0.4, -0.2) is 31.0 Å². The molecule has 0 saturated carbocycles. The zero-order valence-electron chi connectivity index (χ0n) is 12.9. The van der Waals surface area contributed by atoms with Gasteiger partial charge in [0.15, 0.2) is 0 Å². The molecule has 3 rings (SSSR count). The molecule has 0 radical (unpaired) electrons. The maximum absolute atomic E-state index is 12.4. The van der Waals surface area contributed by atoms with Crippen LogP contribution in [0.25, 0.3) is 5.57 Å². The van der Waals surface area contributed by atoms with Crippen LogP contribution in [0.4, 0.5) is 5.69 Å². The topological polar surface area (TPSA) is 55.6 Å². The van der Waals surface area contributed by atoms with Crippen molar-refractivity contribution in [3.05, 3.63) is 71.7 Å². The Morgan fingerprint density at radius 1 is 1.04 bits per heavy atom. The summed E-state index contributed by atoms with van der Waals surface area (Å²) in [5.41, 5.74) is 2.42. The van der Waals surface area contributed by atoms with Crippen molar-refractivity contribution in [1.82, 2.24) is 0 Å². The van der Waals surface area contributed by atoms with Gasteiger partial charge < -0.3 is 14.8 Å². The number of hydrogen-bond donors (Lipinski definition) is 0. The molecule has 5 heteroatoms. The summed E-state index contributed by atoms with van der Waals surface area (Å²) in [7, 11) is 3.90. The van der Waals surface area contributed by atoms with Gasteiger partial charge in [-0.3, -0.25) is 0 Å². The van der Waals surface area contributed by atoms with Crippen LogP contribution in [-0.2, 0) is 9.63 Å². The van der Waals surface area contributed by atoms with Gasteiger partial charge in [0.25, 0.3) is 0 Å². The minimum atomic E-state index is -0.637. The highest BCUT2D eigenvalue weighted by Crippen LogP contribution is 2.24. The van der Waals surface area contributed by atoms with Crippen molar-refractivity contribution in [2.75, 3.05) is 19.0 Å². The molecule has 0 spiro atoms. The van der Waals surface area contributed by atoms with Gasteiger partial charge in [-0.1, -0.05) is 30.3 Å². The second-order valence-electron chi connectivity index (χ2n) is 5.37. The summed E-state index contributed by atoms with van der Waals surface area (Å²) in [6, 6.07) is 16.4. The fraction of sp³-hybridized carbons (Fsp3) is 0.111. The Morgan fingerprint density at radius 3 is 2.30 bits per heavy atom. The Hall–Kier alpha value is -3.08. The van der Waals surface area contributed by atoms with E-state index in [4.69, 9.17) is 4.84 Å². The Labute approximate surface area is 134 Å². The van der Waals surface area contributed by atoms with Gasteiger partial charge >= 0.3 is 5.91 Å². The van der Waals surface area contributed by atoms with E-state index >= 15 is 0 Å². The van der Waals surface area contributed by atoms with Crippen molar-refractivity contribution in [3.8, 4) is 0 Å². The molecule has 0 N–H and O–H groups in total. The number of carbonyl (C=O) groups excluding carboxylic acids is 1. The summed E-state index contributed by atoms with van der Waals surface area (Å²) >= 11 is 0. The predicted molar refractivity (Wildman–Crippen MR) is 85.6 cm³/mol. The zero-order valence-corrected chi connectivity index (χ0v) is 12.9. The van der Waals surface area contributed by atoms with Crippen LogP contribution < -0.4 is 10.0 Å². The monoisotopic (exact) mass is 308 g/mol. The number of anilines is 1. The SMILES string of the molecule is CN(C)c1ccc(C=[N+]2OC([O-])=C(c3ccccc3)C2=O)cc1. The van der Waals surface area contributed by atoms with Gasteiger partial charge in [-0.25, -0.2) is 4.79 Å². The smallest absolute Gasteiger partial charge is 0.451 e. The molecule has 0 bridgehead atoms. The van der Waals surface area contributed by atoms with Crippen LogP contribution in [0.3, 0.4) is 0 Å². The molecule has 1 aliphatic heterocycles. The molecule has 0 aromatic heterocycles. The van der Waals surface area contributed by atoms with Gasteiger partial charge in [0.1, 0.15) is 11.5 Å². The zero-order chi connectivity index (χ0) is 16.4. The highest BCUT2D eigenvalue weighted by molar-refractivity contribution is 6.17. The number of nitrogens with zero attached hydrogens (tertiary/aromatic N) is 2. The summed E-state index contributed by atoms with van der Waals surface area (Å²) in [5.74, 6) is -1.10.